The molecule has 30 heavy (non-hydrogen) atoms. The minimum absolute atomic E-state index is 0.00943. The molecule has 0 aliphatic heterocycles. The van der Waals surface area contributed by atoms with Gasteiger partial charge < -0.3 is 15.4 Å². The Kier molecular flexibility index (Phi) is 5.97. The number of hydrogen-bond donors (Lipinski definition) is 3. The summed E-state index contributed by atoms with van der Waals surface area (Å²) in [7, 11) is -2.14. The molecule has 0 spiro atoms. The molecule has 8 heteroatoms. The van der Waals surface area contributed by atoms with Crippen molar-refractivity contribution in [3.8, 4) is 5.75 Å². The highest BCUT2D eigenvalue weighted by atomic mass is 32.2. The number of urea groups is 1. The van der Waals surface area contributed by atoms with Gasteiger partial charge in [-0.2, -0.15) is 0 Å². The topological polar surface area (TPSA) is 96.5 Å². The molecule has 4 rings (SSSR count). The van der Waals surface area contributed by atoms with Crippen molar-refractivity contribution in [1.29, 1.82) is 0 Å². The van der Waals surface area contributed by atoms with Crippen LogP contribution in [-0.4, -0.2) is 34.1 Å². The van der Waals surface area contributed by atoms with Gasteiger partial charge in [-0.3, -0.25) is 0 Å². The lowest BCUT2D eigenvalue weighted by atomic mass is 9.83. The Morgan fingerprint density at radius 2 is 1.93 bits per heavy atom. The monoisotopic (exact) mass is 429 g/mol. The normalized spacial score (nSPS) is 18.4. The number of fused-ring (bicyclic) bond motifs is 1. The van der Waals surface area contributed by atoms with Crippen molar-refractivity contribution >= 4 is 21.7 Å². The van der Waals surface area contributed by atoms with Crippen LogP contribution in [0.25, 0.3) is 0 Å². The molecule has 0 aromatic heterocycles. The van der Waals surface area contributed by atoms with E-state index in [2.05, 4.69) is 27.5 Å². The predicted molar refractivity (Wildman–Crippen MR) is 115 cm³/mol. The summed E-state index contributed by atoms with van der Waals surface area (Å²) < 4.78 is 32.9. The second kappa shape index (κ2) is 8.65. The Balaban J connectivity index is 1.43. The minimum Gasteiger partial charge on any atom is -0.495 e. The number of nitrogens with one attached hydrogen (secondary N) is 3. The average molecular weight is 430 g/mol. The number of amides is 2. The summed E-state index contributed by atoms with van der Waals surface area (Å²) >= 11 is 0. The number of rotatable bonds is 7. The van der Waals surface area contributed by atoms with Crippen molar-refractivity contribution < 1.29 is 17.9 Å². The highest BCUT2D eigenvalue weighted by molar-refractivity contribution is 7.89. The van der Waals surface area contributed by atoms with E-state index < -0.39 is 10.0 Å². The fraction of sp³-hybridized carbons (Fsp3) is 0.409. The van der Waals surface area contributed by atoms with Crippen LogP contribution >= 0.6 is 0 Å². The molecule has 2 aromatic carbocycles. The van der Waals surface area contributed by atoms with E-state index in [4.69, 9.17) is 4.74 Å². The molecule has 1 atom stereocenters. The first-order chi connectivity index (χ1) is 14.5. The molecule has 3 N–H and O–H groups in total. The maximum absolute atomic E-state index is 12.5. The number of ether oxygens (including phenoxy) is 1. The standard InChI is InChI=1S/C22H27N3O4S/c1-29-21-12-11-18(30(27,28)25-17-9-10-17)13-20(21)24-22(26)23-14-16-7-4-6-15-5-2-3-8-19(15)16/h2-3,5,8,11-13,16-17,25H,4,6-7,9-10,14H2,1H3,(H2,23,24,26). The maximum atomic E-state index is 12.5. The molecule has 2 amide bonds. The summed E-state index contributed by atoms with van der Waals surface area (Å²) in [6.45, 7) is 0.520. The van der Waals surface area contributed by atoms with Gasteiger partial charge in [0.2, 0.25) is 10.0 Å². The molecule has 0 bridgehead atoms. The van der Waals surface area contributed by atoms with Crippen LogP contribution in [0.5, 0.6) is 5.75 Å². The summed E-state index contributed by atoms with van der Waals surface area (Å²) in [5, 5.41) is 5.66. The Hall–Kier alpha value is -2.58. The van der Waals surface area contributed by atoms with Crippen LogP contribution in [0.1, 0.15) is 42.7 Å². The van der Waals surface area contributed by atoms with E-state index in [0.717, 1.165) is 32.1 Å². The highest BCUT2D eigenvalue weighted by Gasteiger charge is 2.28. The summed E-state index contributed by atoms with van der Waals surface area (Å²) in [6, 6.07) is 12.4. The fourth-order valence-corrected chi connectivity index (χ4v) is 5.22. The predicted octanol–water partition coefficient (Wildman–Crippen LogP) is 3.38. The summed E-state index contributed by atoms with van der Waals surface area (Å²) in [4.78, 5) is 12.6. The molecule has 0 heterocycles. The van der Waals surface area contributed by atoms with Gasteiger partial charge in [0.25, 0.3) is 0 Å². The molecule has 0 saturated heterocycles. The van der Waals surface area contributed by atoms with Crippen molar-refractivity contribution in [1.82, 2.24) is 10.0 Å². The SMILES string of the molecule is COc1ccc(S(=O)(=O)NC2CC2)cc1NC(=O)NCC1CCCc2ccccc21. The van der Waals surface area contributed by atoms with Gasteiger partial charge in [-0.1, -0.05) is 24.3 Å². The van der Waals surface area contributed by atoms with Gasteiger partial charge >= 0.3 is 6.03 Å². The number of aryl methyl sites for hydroxylation is 1. The van der Waals surface area contributed by atoms with Crippen LogP contribution < -0.4 is 20.1 Å². The smallest absolute Gasteiger partial charge is 0.319 e. The lowest BCUT2D eigenvalue weighted by Crippen LogP contribution is -2.33. The van der Waals surface area contributed by atoms with E-state index in [0.29, 0.717) is 18.0 Å². The van der Waals surface area contributed by atoms with Crippen molar-refractivity contribution in [2.24, 2.45) is 0 Å². The Bertz CT molecular complexity index is 1030. The summed E-state index contributed by atoms with van der Waals surface area (Å²) in [5.74, 6) is 0.676. The zero-order chi connectivity index (χ0) is 21.1. The van der Waals surface area contributed by atoms with E-state index in [1.165, 1.54) is 30.4 Å². The van der Waals surface area contributed by atoms with Gasteiger partial charge in [0.15, 0.2) is 0 Å². The van der Waals surface area contributed by atoms with Crippen LogP contribution in [-0.2, 0) is 16.4 Å². The van der Waals surface area contributed by atoms with Crippen LogP contribution in [0.4, 0.5) is 10.5 Å². The lowest BCUT2D eigenvalue weighted by Gasteiger charge is -2.25. The summed E-state index contributed by atoms with van der Waals surface area (Å²) in [5.41, 5.74) is 2.96. The number of carbonyl (C=O) groups is 1. The Morgan fingerprint density at radius 3 is 2.70 bits per heavy atom. The number of sulfonamides is 1. The number of anilines is 1. The van der Waals surface area contributed by atoms with Gasteiger partial charge in [-0.15, -0.1) is 0 Å². The second-order valence-corrected chi connectivity index (χ2v) is 9.59. The minimum atomic E-state index is -3.62. The van der Waals surface area contributed by atoms with Crippen molar-refractivity contribution in [2.75, 3.05) is 19.0 Å². The van der Waals surface area contributed by atoms with E-state index in [1.807, 2.05) is 12.1 Å². The number of benzene rings is 2. The van der Waals surface area contributed by atoms with Gasteiger partial charge in [-0.25, -0.2) is 17.9 Å². The third-order valence-corrected chi connectivity index (χ3v) is 7.15. The van der Waals surface area contributed by atoms with Crippen molar-refractivity contribution in [3.63, 3.8) is 0 Å². The average Bonchev–Trinajstić information content (AvgIpc) is 3.55. The molecule has 2 aliphatic carbocycles. The molecule has 7 nitrogen and oxygen atoms in total. The zero-order valence-electron chi connectivity index (χ0n) is 17.0. The maximum Gasteiger partial charge on any atom is 0.319 e. The molecule has 160 valence electrons. The van der Waals surface area contributed by atoms with Crippen LogP contribution in [0.3, 0.4) is 0 Å². The van der Waals surface area contributed by atoms with Gasteiger partial charge in [0.05, 0.1) is 17.7 Å². The van der Waals surface area contributed by atoms with Crippen LogP contribution in [0.2, 0.25) is 0 Å². The van der Waals surface area contributed by atoms with E-state index >= 15 is 0 Å². The number of hydrogen-bond acceptors (Lipinski definition) is 4. The number of methoxy groups -OCH3 is 1. The molecule has 1 saturated carbocycles. The quantitative estimate of drug-likeness (QED) is 0.629. The zero-order valence-corrected chi connectivity index (χ0v) is 17.8. The lowest BCUT2D eigenvalue weighted by molar-refractivity contribution is 0.251. The second-order valence-electron chi connectivity index (χ2n) is 7.88. The molecule has 1 fully saturated rings. The third kappa shape index (κ3) is 4.76. The molecule has 2 aliphatic rings. The van der Waals surface area contributed by atoms with Crippen molar-refractivity contribution in [2.45, 2.75) is 49.0 Å². The van der Waals surface area contributed by atoms with Crippen LogP contribution in [0, 0.1) is 0 Å². The molecule has 2 aromatic rings. The molecule has 1 unspecified atom stereocenters. The Morgan fingerprint density at radius 1 is 1.13 bits per heavy atom. The number of carbonyl (C=O) groups excluding carboxylic acids is 1. The largest absolute Gasteiger partial charge is 0.495 e. The Labute approximate surface area is 177 Å². The first-order valence-corrected chi connectivity index (χ1v) is 11.8. The first-order valence-electron chi connectivity index (χ1n) is 10.3. The fourth-order valence-electron chi connectivity index (χ4n) is 3.89. The first kappa shape index (κ1) is 20.7. The molecule has 0 radical (unpaired) electrons. The van der Waals surface area contributed by atoms with Crippen molar-refractivity contribution in [3.05, 3.63) is 53.6 Å². The van der Waals surface area contributed by atoms with Gasteiger partial charge in [0.1, 0.15) is 5.75 Å². The highest BCUT2D eigenvalue weighted by Crippen LogP contribution is 2.31. The third-order valence-electron chi connectivity index (χ3n) is 5.63. The molecular weight excluding hydrogens is 402 g/mol. The van der Waals surface area contributed by atoms with E-state index in [-0.39, 0.29) is 22.9 Å². The van der Waals surface area contributed by atoms with Gasteiger partial charge in [0, 0.05) is 18.5 Å². The van der Waals surface area contributed by atoms with E-state index in [9.17, 15) is 13.2 Å². The summed E-state index contributed by atoms with van der Waals surface area (Å²) in [6.07, 6.45) is 4.92. The molecular formula is C22H27N3O4S. The van der Waals surface area contributed by atoms with Gasteiger partial charge in [-0.05, 0) is 61.4 Å². The van der Waals surface area contributed by atoms with E-state index in [1.54, 1.807) is 6.07 Å². The van der Waals surface area contributed by atoms with Crippen LogP contribution in [0.15, 0.2) is 47.4 Å².